The second-order valence-electron chi connectivity index (χ2n) is 7.30. The molecule has 0 radical (unpaired) electrons. The lowest BCUT2D eigenvalue weighted by Crippen LogP contribution is -2.59. The number of carbonyl (C=O) groups excluding carboxylic acids is 2. The van der Waals surface area contributed by atoms with E-state index in [1.165, 1.54) is 0 Å². The van der Waals surface area contributed by atoms with Crippen molar-refractivity contribution < 1.29 is 14.3 Å². The fourth-order valence-corrected chi connectivity index (χ4v) is 3.84. The first-order valence-electron chi connectivity index (χ1n) is 9.27. The quantitative estimate of drug-likeness (QED) is 0.901. The number of nitrogens with zero attached hydrogens (tertiary/aromatic N) is 2. The SMILES string of the molecule is COc1ccc(-n2c(C)cc(C(=O)N3CCNC(=O)C3C(C)C)c2C)cc1. The van der Waals surface area contributed by atoms with E-state index in [1.54, 1.807) is 12.0 Å². The summed E-state index contributed by atoms with van der Waals surface area (Å²) in [7, 11) is 1.64. The van der Waals surface area contributed by atoms with Crippen LogP contribution in [-0.2, 0) is 4.79 Å². The lowest BCUT2D eigenvalue weighted by Gasteiger charge is -2.37. The van der Waals surface area contributed by atoms with E-state index in [9.17, 15) is 9.59 Å². The van der Waals surface area contributed by atoms with Crippen LogP contribution in [0.1, 0.15) is 35.6 Å². The number of hydrogen-bond acceptors (Lipinski definition) is 3. The predicted molar refractivity (Wildman–Crippen MR) is 104 cm³/mol. The van der Waals surface area contributed by atoms with Crippen molar-refractivity contribution in [1.29, 1.82) is 0 Å². The predicted octanol–water partition coefficient (Wildman–Crippen LogP) is 2.70. The van der Waals surface area contributed by atoms with Gasteiger partial charge in [-0.25, -0.2) is 0 Å². The third-order valence-corrected chi connectivity index (χ3v) is 5.14. The van der Waals surface area contributed by atoms with E-state index in [0.29, 0.717) is 18.7 Å². The summed E-state index contributed by atoms with van der Waals surface area (Å²) in [6.07, 6.45) is 0. The Morgan fingerprint density at radius 3 is 2.48 bits per heavy atom. The summed E-state index contributed by atoms with van der Waals surface area (Å²) < 4.78 is 7.28. The summed E-state index contributed by atoms with van der Waals surface area (Å²) in [5.74, 6) is 0.681. The molecule has 6 heteroatoms. The molecule has 2 heterocycles. The van der Waals surface area contributed by atoms with E-state index in [-0.39, 0.29) is 17.7 Å². The van der Waals surface area contributed by atoms with Crippen LogP contribution in [0.4, 0.5) is 0 Å². The zero-order valence-corrected chi connectivity index (χ0v) is 16.6. The van der Waals surface area contributed by atoms with E-state index in [4.69, 9.17) is 4.74 Å². The van der Waals surface area contributed by atoms with Gasteiger partial charge in [-0.05, 0) is 50.1 Å². The van der Waals surface area contributed by atoms with Gasteiger partial charge in [0.25, 0.3) is 5.91 Å². The summed E-state index contributed by atoms with van der Waals surface area (Å²) in [6, 6.07) is 9.22. The highest BCUT2D eigenvalue weighted by Gasteiger charge is 2.36. The van der Waals surface area contributed by atoms with E-state index in [1.807, 2.05) is 58.0 Å². The van der Waals surface area contributed by atoms with Gasteiger partial charge in [0, 0.05) is 30.2 Å². The minimum absolute atomic E-state index is 0.0549. The number of benzene rings is 1. The Morgan fingerprint density at radius 2 is 1.89 bits per heavy atom. The van der Waals surface area contributed by atoms with Crippen LogP contribution >= 0.6 is 0 Å². The summed E-state index contributed by atoms with van der Waals surface area (Å²) in [5, 5.41) is 2.87. The molecule has 3 rings (SSSR count). The summed E-state index contributed by atoms with van der Waals surface area (Å²) in [4.78, 5) is 27.3. The van der Waals surface area contributed by atoms with Gasteiger partial charge in [-0.15, -0.1) is 0 Å². The molecule has 144 valence electrons. The molecule has 0 saturated carbocycles. The number of aryl methyl sites for hydroxylation is 1. The molecular formula is C21H27N3O3. The van der Waals surface area contributed by atoms with Crippen LogP contribution in [0.2, 0.25) is 0 Å². The van der Waals surface area contributed by atoms with Crippen molar-refractivity contribution in [3.63, 3.8) is 0 Å². The number of carbonyl (C=O) groups is 2. The molecule has 1 unspecified atom stereocenters. The molecule has 1 aromatic heterocycles. The Morgan fingerprint density at radius 1 is 1.22 bits per heavy atom. The van der Waals surface area contributed by atoms with Crippen molar-refractivity contribution >= 4 is 11.8 Å². The third-order valence-electron chi connectivity index (χ3n) is 5.14. The van der Waals surface area contributed by atoms with Crippen LogP contribution in [0.5, 0.6) is 5.75 Å². The van der Waals surface area contributed by atoms with Crippen LogP contribution in [0.3, 0.4) is 0 Å². The third kappa shape index (κ3) is 3.44. The molecule has 1 atom stereocenters. The van der Waals surface area contributed by atoms with Gasteiger partial charge in [-0.1, -0.05) is 13.8 Å². The second kappa shape index (κ2) is 7.47. The molecule has 6 nitrogen and oxygen atoms in total. The molecule has 27 heavy (non-hydrogen) atoms. The van der Waals surface area contributed by atoms with Crippen molar-refractivity contribution in [3.8, 4) is 11.4 Å². The maximum Gasteiger partial charge on any atom is 0.256 e. The molecule has 0 bridgehead atoms. The number of aromatic nitrogens is 1. The lowest BCUT2D eigenvalue weighted by molar-refractivity contribution is -0.129. The number of rotatable bonds is 4. The maximum absolute atomic E-state index is 13.3. The molecule has 2 aromatic rings. The highest BCUT2D eigenvalue weighted by Crippen LogP contribution is 2.25. The van der Waals surface area contributed by atoms with E-state index < -0.39 is 6.04 Å². The first kappa shape index (κ1) is 19.0. The van der Waals surface area contributed by atoms with Gasteiger partial charge in [0.2, 0.25) is 5.91 Å². The number of nitrogens with one attached hydrogen (secondary N) is 1. The molecule has 1 saturated heterocycles. The lowest BCUT2D eigenvalue weighted by atomic mass is 9.98. The molecule has 1 aliphatic heterocycles. The molecule has 2 amide bonds. The normalized spacial score (nSPS) is 17.2. The molecule has 0 aliphatic carbocycles. The summed E-state index contributed by atoms with van der Waals surface area (Å²) in [5.41, 5.74) is 3.46. The topological polar surface area (TPSA) is 63.6 Å². The molecule has 1 aromatic carbocycles. The Kier molecular flexibility index (Phi) is 5.26. The zero-order chi connectivity index (χ0) is 19.7. The van der Waals surface area contributed by atoms with Gasteiger partial charge in [-0.2, -0.15) is 0 Å². The number of hydrogen-bond donors (Lipinski definition) is 1. The Balaban J connectivity index is 1.97. The molecular weight excluding hydrogens is 342 g/mol. The number of piperazine rings is 1. The Labute approximate surface area is 160 Å². The van der Waals surface area contributed by atoms with E-state index in [2.05, 4.69) is 9.88 Å². The molecule has 1 aliphatic rings. The van der Waals surface area contributed by atoms with Gasteiger partial charge < -0.3 is 19.5 Å². The summed E-state index contributed by atoms with van der Waals surface area (Å²) in [6.45, 7) is 8.88. The fraction of sp³-hybridized carbons (Fsp3) is 0.429. The second-order valence-corrected chi connectivity index (χ2v) is 7.30. The summed E-state index contributed by atoms with van der Waals surface area (Å²) >= 11 is 0. The van der Waals surface area contributed by atoms with Crippen molar-refractivity contribution in [2.45, 2.75) is 33.7 Å². The number of methoxy groups -OCH3 is 1. The van der Waals surface area contributed by atoms with Crippen molar-refractivity contribution in [2.75, 3.05) is 20.2 Å². The van der Waals surface area contributed by atoms with Crippen molar-refractivity contribution in [1.82, 2.24) is 14.8 Å². The molecule has 0 spiro atoms. The van der Waals surface area contributed by atoms with Gasteiger partial charge in [-0.3, -0.25) is 9.59 Å². The zero-order valence-electron chi connectivity index (χ0n) is 16.6. The van der Waals surface area contributed by atoms with Crippen LogP contribution in [0.25, 0.3) is 5.69 Å². The maximum atomic E-state index is 13.3. The average Bonchev–Trinajstić information content (AvgIpc) is 2.95. The Bertz CT molecular complexity index is 852. The molecule has 1 N–H and O–H groups in total. The van der Waals surface area contributed by atoms with E-state index in [0.717, 1.165) is 22.8 Å². The minimum atomic E-state index is -0.435. The highest BCUT2D eigenvalue weighted by molar-refractivity contribution is 5.99. The standard InChI is InChI=1S/C21H27N3O3/c1-13(2)19-20(25)22-10-11-23(19)21(26)18-12-14(3)24(15(18)4)16-6-8-17(27-5)9-7-16/h6-9,12-13,19H,10-11H2,1-5H3,(H,22,25). The average molecular weight is 369 g/mol. The van der Waals surface area contributed by atoms with Gasteiger partial charge in [0.05, 0.1) is 12.7 Å². The monoisotopic (exact) mass is 369 g/mol. The largest absolute Gasteiger partial charge is 0.497 e. The van der Waals surface area contributed by atoms with E-state index >= 15 is 0 Å². The van der Waals surface area contributed by atoms with Gasteiger partial charge in [0.1, 0.15) is 11.8 Å². The smallest absolute Gasteiger partial charge is 0.256 e. The number of ether oxygens (including phenoxy) is 1. The van der Waals surface area contributed by atoms with Crippen LogP contribution in [-0.4, -0.2) is 47.5 Å². The highest BCUT2D eigenvalue weighted by atomic mass is 16.5. The molecule has 1 fully saturated rings. The fourth-order valence-electron chi connectivity index (χ4n) is 3.84. The first-order chi connectivity index (χ1) is 12.8. The van der Waals surface area contributed by atoms with Crippen LogP contribution < -0.4 is 10.1 Å². The minimum Gasteiger partial charge on any atom is -0.497 e. The van der Waals surface area contributed by atoms with Gasteiger partial charge >= 0.3 is 0 Å². The van der Waals surface area contributed by atoms with Gasteiger partial charge in [0.15, 0.2) is 0 Å². The van der Waals surface area contributed by atoms with Crippen molar-refractivity contribution in [2.24, 2.45) is 5.92 Å². The van der Waals surface area contributed by atoms with Crippen LogP contribution in [0.15, 0.2) is 30.3 Å². The van der Waals surface area contributed by atoms with Crippen molar-refractivity contribution in [3.05, 3.63) is 47.3 Å². The Hall–Kier alpha value is -2.76. The number of amides is 2. The van der Waals surface area contributed by atoms with Crippen LogP contribution in [0, 0.1) is 19.8 Å². The first-order valence-corrected chi connectivity index (χ1v) is 9.27.